The summed E-state index contributed by atoms with van der Waals surface area (Å²) in [5.74, 6) is -1.05. The smallest absolute Gasteiger partial charge is 0.326 e. The molecule has 1 aromatic carbocycles. The van der Waals surface area contributed by atoms with Crippen molar-refractivity contribution in [1.82, 2.24) is 4.90 Å². The van der Waals surface area contributed by atoms with Crippen LogP contribution in [0.4, 0.5) is 0 Å². The maximum Gasteiger partial charge on any atom is 0.326 e. The summed E-state index contributed by atoms with van der Waals surface area (Å²) in [6.07, 6.45) is 8.95. The Morgan fingerprint density at radius 1 is 1.12 bits per heavy atom. The Morgan fingerprint density at radius 3 is 2.38 bits per heavy atom. The summed E-state index contributed by atoms with van der Waals surface area (Å²) in [4.78, 5) is 25.2. The predicted octanol–water partition coefficient (Wildman–Crippen LogP) is 4.06. The molecule has 0 saturated heterocycles. The van der Waals surface area contributed by atoms with Gasteiger partial charge in [-0.15, -0.1) is 6.58 Å². The van der Waals surface area contributed by atoms with E-state index in [0.717, 1.165) is 44.1 Å². The van der Waals surface area contributed by atoms with Crippen molar-refractivity contribution < 1.29 is 14.7 Å². The maximum absolute atomic E-state index is 12.3. The average Bonchev–Trinajstić information content (AvgIpc) is 2.58. The topological polar surface area (TPSA) is 57.6 Å². The summed E-state index contributed by atoms with van der Waals surface area (Å²) in [7, 11) is 1.59. The van der Waals surface area contributed by atoms with E-state index in [1.54, 1.807) is 7.05 Å². The normalized spacial score (nSPS) is 11.7. The zero-order valence-corrected chi connectivity index (χ0v) is 14.6. The lowest BCUT2D eigenvalue weighted by Crippen LogP contribution is -2.43. The van der Waals surface area contributed by atoms with Crippen molar-refractivity contribution in [3.05, 3.63) is 48.6 Å². The quantitative estimate of drug-likeness (QED) is 0.464. The van der Waals surface area contributed by atoms with Crippen LogP contribution in [0.1, 0.15) is 50.5 Å². The third-order valence-electron chi connectivity index (χ3n) is 4.22. The number of nitrogens with zero attached hydrogens (tertiary/aromatic N) is 1. The van der Waals surface area contributed by atoms with Crippen LogP contribution in [-0.4, -0.2) is 35.0 Å². The molecule has 4 heteroatoms. The molecule has 0 aromatic heterocycles. The van der Waals surface area contributed by atoms with Gasteiger partial charge >= 0.3 is 5.97 Å². The Hall–Kier alpha value is -2.10. The molecule has 24 heavy (non-hydrogen) atoms. The summed E-state index contributed by atoms with van der Waals surface area (Å²) in [5.41, 5.74) is 0.923. The van der Waals surface area contributed by atoms with Gasteiger partial charge in [0.1, 0.15) is 6.04 Å². The first kappa shape index (κ1) is 19.9. The molecule has 0 aliphatic rings. The fourth-order valence-corrected chi connectivity index (χ4v) is 2.67. The van der Waals surface area contributed by atoms with Gasteiger partial charge in [-0.1, -0.05) is 55.7 Å². The zero-order valence-electron chi connectivity index (χ0n) is 14.6. The molecule has 0 saturated carbocycles. The highest BCUT2D eigenvalue weighted by Crippen LogP contribution is 2.12. The molecule has 0 radical (unpaired) electrons. The molecule has 132 valence electrons. The molecular formula is C20H29NO3. The van der Waals surface area contributed by atoms with Crippen molar-refractivity contribution in [3.8, 4) is 0 Å². The summed E-state index contributed by atoms with van der Waals surface area (Å²) in [6.45, 7) is 3.70. The molecule has 1 rings (SSSR count). The molecular weight excluding hydrogens is 302 g/mol. The standard InChI is InChI=1S/C20H29NO3/c1-3-4-5-6-7-8-12-15-19(22)21(2)18(20(23)24)16-17-13-10-9-11-14-17/h3,9-11,13-14,18H,1,4-8,12,15-16H2,2H3,(H,23,24)/t18-/m0/s1. The number of allylic oxidation sites excluding steroid dienone is 1. The van der Waals surface area contributed by atoms with E-state index in [2.05, 4.69) is 6.58 Å². The Morgan fingerprint density at radius 2 is 1.75 bits per heavy atom. The number of likely N-dealkylation sites (N-methyl/N-ethyl adjacent to an activating group) is 1. The SMILES string of the molecule is C=CCCCCCCCC(=O)N(C)[C@@H](Cc1ccccc1)C(=O)O. The van der Waals surface area contributed by atoms with Gasteiger partial charge in [-0.3, -0.25) is 4.79 Å². The van der Waals surface area contributed by atoms with E-state index in [1.165, 1.54) is 4.90 Å². The highest BCUT2D eigenvalue weighted by Gasteiger charge is 2.26. The Balaban J connectivity index is 2.40. The van der Waals surface area contributed by atoms with Crippen molar-refractivity contribution in [1.29, 1.82) is 0 Å². The van der Waals surface area contributed by atoms with Gasteiger partial charge < -0.3 is 10.0 Å². The van der Waals surface area contributed by atoms with E-state index in [9.17, 15) is 14.7 Å². The van der Waals surface area contributed by atoms with Crippen molar-refractivity contribution in [2.75, 3.05) is 7.05 Å². The van der Waals surface area contributed by atoms with Crippen LogP contribution < -0.4 is 0 Å². The van der Waals surface area contributed by atoms with Crippen molar-refractivity contribution >= 4 is 11.9 Å². The fourth-order valence-electron chi connectivity index (χ4n) is 2.67. The van der Waals surface area contributed by atoms with E-state index in [-0.39, 0.29) is 5.91 Å². The van der Waals surface area contributed by atoms with Gasteiger partial charge in [0.2, 0.25) is 5.91 Å². The molecule has 4 nitrogen and oxygen atoms in total. The lowest BCUT2D eigenvalue weighted by atomic mass is 10.0. The van der Waals surface area contributed by atoms with Gasteiger partial charge in [-0.25, -0.2) is 4.79 Å². The largest absolute Gasteiger partial charge is 0.480 e. The summed E-state index contributed by atoms with van der Waals surface area (Å²) >= 11 is 0. The van der Waals surface area contributed by atoms with Gasteiger partial charge in [0.05, 0.1) is 0 Å². The predicted molar refractivity (Wildman–Crippen MR) is 96.9 cm³/mol. The van der Waals surface area contributed by atoms with E-state index in [4.69, 9.17) is 0 Å². The Bertz CT molecular complexity index is 513. The Kier molecular flexibility index (Phi) is 9.51. The van der Waals surface area contributed by atoms with Gasteiger partial charge in [-0.2, -0.15) is 0 Å². The van der Waals surface area contributed by atoms with E-state index in [0.29, 0.717) is 12.8 Å². The number of carboxylic acids is 1. The van der Waals surface area contributed by atoms with Crippen LogP contribution in [0, 0.1) is 0 Å². The molecule has 0 aliphatic heterocycles. The number of hydrogen-bond acceptors (Lipinski definition) is 2. The molecule has 0 heterocycles. The second-order valence-corrected chi connectivity index (χ2v) is 6.14. The van der Waals surface area contributed by atoms with Crippen LogP contribution in [0.3, 0.4) is 0 Å². The number of amides is 1. The maximum atomic E-state index is 12.3. The number of carbonyl (C=O) groups excluding carboxylic acids is 1. The third-order valence-corrected chi connectivity index (χ3v) is 4.22. The van der Waals surface area contributed by atoms with Crippen molar-refractivity contribution in [2.45, 2.75) is 57.4 Å². The first-order valence-electron chi connectivity index (χ1n) is 8.69. The molecule has 0 fully saturated rings. The second-order valence-electron chi connectivity index (χ2n) is 6.14. The molecule has 1 aromatic rings. The molecule has 1 atom stereocenters. The number of rotatable bonds is 12. The Labute approximate surface area is 145 Å². The molecule has 1 amide bonds. The first-order valence-corrected chi connectivity index (χ1v) is 8.69. The average molecular weight is 331 g/mol. The van der Waals surface area contributed by atoms with E-state index >= 15 is 0 Å². The minimum atomic E-state index is -0.959. The highest BCUT2D eigenvalue weighted by molar-refractivity contribution is 5.83. The van der Waals surface area contributed by atoms with Crippen molar-refractivity contribution in [3.63, 3.8) is 0 Å². The lowest BCUT2D eigenvalue weighted by molar-refractivity contribution is -0.149. The number of carboxylic acid groups (broad SMARTS) is 1. The third kappa shape index (κ3) is 7.44. The summed E-state index contributed by atoms with van der Waals surface area (Å²) in [6, 6.07) is 8.61. The monoisotopic (exact) mass is 331 g/mol. The number of hydrogen-bond donors (Lipinski definition) is 1. The van der Waals surface area contributed by atoms with Gasteiger partial charge in [0, 0.05) is 19.9 Å². The number of carbonyl (C=O) groups is 2. The molecule has 1 N–H and O–H groups in total. The summed E-state index contributed by atoms with van der Waals surface area (Å²) in [5, 5.41) is 9.44. The zero-order chi connectivity index (χ0) is 17.8. The highest BCUT2D eigenvalue weighted by atomic mass is 16.4. The minimum absolute atomic E-state index is 0.0931. The van der Waals surface area contributed by atoms with Crippen LogP contribution in [0.25, 0.3) is 0 Å². The number of benzene rings is 1. The second kappa shape index (κ2) is 11.4. The summed E-state index contributed by atoms with van der Waals surface area (Å²) < 4.78 is 0. The van der Waals surface area contributed by atoms with Gasteiger partial charge in [0.25, 0.3) is 0 Å². The van der Waals surface area contributed by atoms with Crippen LogP contribution >= 0.6 is 0 Å². The number of unbranched alkanes of at least 4 members (excludes halogenated alkanes) is 5. The molecule has 0 aliphatic carbocycles. The lowest BCUT2D eigenvalue weighted by Gasteiger charge is -2.25. The molecule has 0 spiro atoms. The van der Waals surface area contributed by atoms with E-state index < -0.39 is 12.0 Å². The molecule has 0 unspecified atom stereocenters. The fraction of sp³-hybridized carbons (Fsp3) is 0.500. The van der Waals surface area contributed by atoms with Crippen LogP contribution in [0.15, 0.2) is 43.0 Å². The number of aliphatic carboxylic acids is 1. The van der Waals surface area contributed by atoms with Crippen molar-refractivity contribution in [2.24, 2.45) is 0 Å². The molecule has 0 bridgehead atoms. The van der Waals surface area contributed by atoms with E-state index in [1.807, 2.05) is 36.4 Å². The van der Waals surface area contributed by atoms with Gasteiger partial charge in [-0.05, 0) is 24.8 Å². The van der Waals surface area contributed by atoms with Crippen LogP contribution in [0.2, 0.25) is 0 Å². The van der Waals surface area contributed by atoms with Crippen LogP contribution in [0.5, 0.6) is 0 Å². The van der Waals surface area contributed by atoms with Crippen LogP contribution in [-0.2, 0) is 16.0 Å². The minimum Gasteiger partial charge on any atom is -0.480 e. The van der Waals surface area contributed by atoms with Gasteiger partial charge in [0.15, 0.2) is 0 Å². The first-order chi connectivity index (χ1) is 11.6.